The number of hydrogen-bond donors (Lipinski definition) is 4. The highest BCUT2D eigenvalue weighted by Gasteiger charge is 2.20. The molecule has 8 nitrogen and oxygen atoms in total. The number of nitrogens with zero attached hydrogens (tertiary/aromatic N) is 3. The lowest BCUT2D eigenvalue weighted by molar-refractivity contribution is 0.0944. The maximum Gasteiger partial charge on any atom is 0.280 e. The Balaban J connectivity index is 1.43. The average molecular weight is 456 g/mol. The molecule has 2 aliphatic heterocycles. The molecule has 4 N–H and O–H groups in total. The van der Waals surface area contributed by atoms with E-state index in [4.69, 9.17) is 10.4 Å². The minimum Gasteiger partial charge on any atom is -0.373 e. The number of piperidine rings is 1. The Morgan fingerprint density at radius 3 is 2.78 bits per heavy atom. The second-order valence-corrected chi connectivity index (χ2v) is 9.57. The van der Waals surface area contributed by atoms with E-state index in [9.17, 15) is 4.79 Å². The van der Waals surface area contributed by atoms with Crippen LogP contribution >= 0.6 is 11.3 Å². The maximum absolute atomic E-state index is 12.5. The molecule has 9 heteroatoms. The van der Waals surface area contributed by atoms with Gasteiger partial charge in [0.25, 0.3) is 5.91 Å². The number of pyridine rings is 1. The molecule has 0 aliphatic carbocycles. The summed E-state index contributed by atoms with van der Waals surface area (Å²) in [5.74, 6) is 1.94. The van der Waals surface area contributed by atoms with Gasteiger partial charge in [-0.15, -0.1) is 11.3 Å². The number of aromatic nitrogens is 2. The lowest BCUT2D eigenvalue weighted by Gasteiger charge is -2.22. The molecular weight excluding hydrogens is 422 g/mol. The van der Waals surface area contributed by atoms with Gasteiger partial charge in [0.15, 0.2) is 5.01 Å². The second kappa shape index (κ2) is 10.9. The second-order valence-electron chi connectivity index (χ2n) is 8.54. The van der Waals surface area contributed by atoms with Crippen LogP contribution in [0.5, 0.6) is 0 Å². The smallest absolute Gasteiger partial charge is 0.280 e. The Bertz CT molecular complexity index is 930. The Hall–Kier alpha value is -2.52. The summed E-state index contributed by atoms with van der Waals surface area (Å²) in [4.78, 5) is 24.6. The van der Waals surface area contributed by atoms with Crippen molar-refractivity contribution in [3.05, 3.63) is 33.8 Å². The maximum atomic E-state index is 12.5. The van der Waals surface area contributed by atoms with Crippen LogP contribution in [0.3, 0.4) is 0 Å². The van der Waals surface area contributed by atoms with Crippen molar-refractivity contribution in [2.75, 3.05) is 50.0 Å². The lowest BCUT2D eigenvalue weighted by Crippen LogP contribution is -2.38. The van der Waals surface area contributed by atoms with Gasteiger partial charge in [0.1, 0.15) is 11.6 Å². The van der Waals surface area contributed by atoms with E-state index >= 15 is 0 Å². The molecule has 4 rings (SSSR count). The molecule has 1 unspecified atom stereocenters. The topological polar surface area (TPSA) is 106 Å². The van der Waals surface area contributed by atoms with E-state index in [2.05, 4.69) is 25.8 Å². The zero-order chi connectivity index (χ0) is 22.3. The Labute approximate surface area is 193 Å². The fraction of sp³-hybridized carbons (Fsp3) is 0.565. The van der Waals surface area contributed by atoms with Crippen LogP contribution in [0.15, 0.2) is 18.3 Å². The van der Waals surface area contributed by atoms with E-state index < -0.39 is 0 Å². The van der Waals surface area contributed by atoms with E-state index in [1.54, 1.807) is 6.20 Å². The van der Waals surface area contributed by atoms with Crippen LogP contribution in [0.1, 0.15) is 58.8 Å². The monoisotopic (exact) mass is 455 g/mol. The quantitative estimate of drug-likeness (QED) is 0.478. The predicted molar refractivity (Wildman–Crippen MR) is 130 cm³/mol. The Morgan fingerprint density at radius 2 is 2.06 bits per heavy atom. The van der Waals surface area contributed by atoms with Crippen molar-refractivity contribution in [1.29, 1.82) is 5.41 Å². The van der Waals surface area contributed by atoms with Gasteiger partial charge < -0.3 is 20.9 Å². The molecule has 0 spiro atoms. The molecular formula is C23H33N7OS. The predicted octanol–water partition coefficient (Wildman–Crippen LogP) is 3.11. The molecule has 2 aliphatic rings. The van der Waals surface area contributed by atoms with Gasteiger partial charge in [0.05, 0.1) is 10.6 Å². The van der Waals surface area contributed by atoms with E-state index in [0.717, 1.165) is 50.4 Å². The van der Waals surface area contributed by atoms with Crippen molar-refractivity contribution >= 4 is 34.6 Å². The van der Waals surface area contributed by atoms with Gasteiger partial charge in [0, 0.05) is 38.4 Å². The molecule has 172 valence electrons. The third-order valence-corrected chi connectivity index (χ3v) is 7.23. The van der Waals surface area contributed by atoms with Crippen LogP contribution in [-0.4, -0.2) is 61.4 Å². The first-order chi connectivity index (χ1) is 15.7. The van der Waals surface area contributed by atoms with Crippen molar-refractivity contribution in [3.63, 3.8) is 0 Å². The number of amides is 1. The van der Waals surface area contributed by atoms with Crippen LogP contribution in [0, 0.1) is 11.3 Å². The van der Waals surface area contributed by atoms with Gasteiger partial charge in [-0.2, -0.15) is 0 Å². The van der Waals surface area contributed by atoms with Gasteiger partial charge >= 0.3 is 0 Å². The fourth-order valence-electron chi connectivity index (χ4n) is 4.36. The summed E-state index contributed by atoms with van der Waals surface area (Å²) in [7, 11) is 1.83. The normalized spacial score (nSPS) is 19.3. The summed E-state index contributed by atoms with van der Waals surface area (Å²) in [5, 5.41) is 18.6. The summed E-state index contributed by atoms with van der Waals surface area (Å²) in [5.41, 5.74) is 1.05. The van der Waals surface area contributed by atoms with Crippen LogP contribution in [-0.2, 0) is 0 Å². The highest BCUT2D eigenvalue weighted by Crippen LogP contribution is 2.25. The van der Waals surface area contributed by atoms with E-state index in [1.165, 1.54) is 37.0 Å². The summed E-state index contributed by atoms with van der Waals surface area (Å²) in [6.45, 7) is 4.71. The summed E-state index contributed by atoms with van der Waals surface area (Å²) >= 11 is 1.26. The number of hydrogen-bond acceptors (Lipinski definition) is 8. The van der Waals surface area contributed by atoms with Gasteiger partial charge in [-0.05, 0) is 56.8 Å². The van der Waals surface area contributed by atoms with Crippen molar-refractivity contribution < 1.29 is 4.79 Å². The molecule has 1 atom stereocenters. The number of thiazole rings is 1. The molecule has 0 radical (unpaired) electrons. The summed E-state index contributed by atoms with van der Waals surface area (Å²) in [6.07, 6.45) is 8.83. The van der Waals surface area contributed by atoms with Gasteiger partial charge in [-0.25, -0.2) is 9.97 Å². The molecule has 0 aromatic carbocycles. The van der Waals surface area contributed by atoms with Crippen molar-refractivity contribution in [2.45, 2.75) is 38.5 Å². The Kier molecular flexibility index (Phi) is 7.70. The molecule has 2 aromatic heterocycles. The number of nitrogens with one attached hydrogen (secondary N) is 4. The molecule has 0 saturated carbocycles. The molecule has 1 amide bonds. The van der Waals surface area contributed by atoms with Crippen molar-refractivity contribution in [1.82, 2.24) is 20.6 Å². The molecule has 2 fully saturated rings. The van der Waals surface area contributed by atoms with Crippen LogP contribution in [0.4, 0.5) is 11.6 Å². The minimum absolute atomic E-state index is 0.164. The van der Waals surface area contributed by atoms with Crippen LogP contribution < -0.4 is 20.9 Å². The Morgan fingerprint density at radius 1 is 1.25 bits per heavy atom. The number of anilines is 2. The first kappa shape index (κ1) is 22.7. The lowest BCUT2D eigenvalue weighted by atomic mass is 10.00. The van der Waals surface area contributed by atoms with Crippen molar-refractivity contribution in [3.8, 4) is 0 Å². The zero-order valence-corrected chi connectivity index (χ0v) is 19.6. The van der Waals surface area contributed by atoms with Crippen LogP contribution in [0.25, 0.3) is 0 Å². The number of carbonyl (C=O) groups excluding carboxylic acids is 1. The molecule has 0 bridgehead atoms. The first-order valence-corrected chi connectivity index (χ1v) is 12.4. The molecule has 32 heavy (non-hydrogen) atoms. The zero-order valence-electron chi connectivity index (χ0n) is 18.7. The van der Waals surface area contributed by atoms with Crippen molar-refractivity contribution in [2.24, 2.45) is 5.92 Å². The number of carbonyl (C=O) groups is 1. The SMILES string of the molecule is CNc1nc(N2CCCCCC2)ccc1C(=N)c1cnc(C(=O)NCC2CCCNC2)s1. The van der Waals surface area contributed by atoms with Crippen LogP contribution in [0.2, 0.25) is 0 Å². The van der Waals surface area contributed by atoms with E-state index in [-0.39, 0.29) is 5.91 Å². The van der Waals surface area contributed by atoms with E-state index in [1.807, 2.05) is 19.2 Å². The molecule has 4 heterocycles. The minimum atomic E-state index is -0.164. The summed E-state index contributed by atoms with van der Waals surface area (Å²) < 4.78 is 0. The highest BCUT2D eigenvalue weighted by atomic mass is 32.1. The molecule has 2 saturated heterocycles. The van der Waals surface area contributed by atoms with Gasteiger partial charge in [-0.3, -0.25) is 10.2 Å². The highest BCUT2D eigenvalue weighted by molar-refractivity contribution is 7.15. The number of rotatable bonds is 7. The van der Waals surface area contributed by atoms with E-state index in [0.29, 0.717) is 33.9 Å². The van der Waals surface area contributed by atoms with Gasteiger partial charge in [-0.1, -0.05) is 12.8 Å². The standard InChI is InChI=1S/C23H33N7OS/c1-25-21-17(8-9-19(29-21)30-11-4-2-3-5-12-30)20(24)18-15-28-23(32-18)22(31)27-14-16-7-6-10-26-13-16/h8-9,15-16,24,26H,2-7,10-14H2,1H3,(H,25,29)(H,27,31). The third kappa shape index (κ3) is 5.45. The average Bonchev–Trinajstić information content (AvgIpc) is 3.18. The molecule has 2 aromatic rings. The third-order valence-electron chi connectivity index (χ3n) is 6.21. The largest absolute Gasteiger partial charge is 0.373 e. The fourth-order valence-corrected chi connectivity index (χ4v) is 5.15. The van der Waals surface area contributed by atoms with Gasteiger partial charge in [0.2, 0.25) is 0 Å². The summed E-state index contributed by atoms with van der Waals surface area (Å²) in [6, 6.07) is 3.96. The first-order valence-electron chi connectivity index (χ1n) is 11.6.